The summed E-state index contributed by atoms with van der Waals surface area (Å²) in [5.41, 5.74) is 6.05. The average molecular weight is 275 g/mol. The minimum Gasteiger partial charge on any atom is -0.492 e. The Bertz CT molecular complexity index is 538. The fraction of sp³-hybridized carbons (Fsp3) is 0.308. The lowest BCUT2D eigenvalue weighted by molar-refractivity contribution is -0.119. The predicted octanol–water partition coefficient (Wildman–Crippen LogP) is 0.815. The lowest BCUT2D eigenvalue weighted by Gasteiger charge is -2.12. The summed E-state index contributed by atoms with van der Waals surface area (Å²) in [6, 6.07) is 6.69. The second kappa shape index (κ2) is 6.67. The molecule has 1 heterocycles. The number of hydrogen-bond donors (Lipinski definition) is 2. The Balaban J connectivity index is 1.94. The maximum atomic E-state index is 12.0. The molecule has 2 aromatic rings. The second-order valence-electron chi connectivity index (χ2n) is 4.20. The van der Waals surface area contributed by atoms with E-state index < -0.39 is 6.04 Å². The minimum atomic E-state index is -0.425. The molecule has 0 aliphatic carbocycles. The molecule has 1 aromatic heterocycles. The van der Waals surface area contributed by atoms with Gasteiger partial charge in [-0.3, -0.25) is 4.79 Å². The number of benzene rings is 1. The maximum Gasteiger partial charge on any atom is 0.249 e. The number of carbonyl (C=O) groups excluding carboxylic acids is 1. The van der Waals surface area contributed by atoms with E-state index in [0.717, 1.165) is 5.75 Å². The van der Waals surface area contributed by atoms with Crippen LogP contribution in [0.1, 0.15) is 13.0 Å². The Kier molecular flexibility index (Phi) is 4.67. The monoisotopic (exact) mass is 275 g/mol. The standard InChI is InChI=1S/C13H17N5O2/c1-10(18-9-15-8-16-18)13(19)17-11-2-4-12(5-3-11)20-7-6-14/h2-5,8-10H,6-7,14H2,1H3,(H,17,19). The smallest absolute Gasteiger partial charge is 0.249 e. The van der Waals surface area contributed by atoms with Crippen molar-refractivity contribution in [1.29, 1.82) is 0 Å². The van der Waals surface area contributed by atoms with Crippen molar-refractivity contribution in [2.75, 3.05) is 18.5 Å². The van der Waals surface area contributed by atoms with Crippen LogP contribution in [-0.4, -0.2) is 33.8 Å². The third-order valence-corrected chi connectivity index (χ3v) is 2.72. The molecule has 0 aliphatic rings. The zero-order chi connectivity index (χ0) is 14.4. The van der Waals surface area contributed by atoms with Gasteiger partial charge in [0.2, 0.25) is 5.91 Å². The van der Waals surface area contributed by atoms with E-state index in [-0.39, 0.29) is 5.91 Å². The first-order valence-corrected chi connectivity index (χ1v) is 6.28. The highest BCUT2D eigenvalue weighted by Crippen LogP contribution is 2.16. The van der Waals surface area contributed by atoms with Gasteiger partial charge in [0.25, 0.3) is 0 Å². The summed E-state index contributed by atoms with van der Waals surface area (Å²) in [7, 11) is 0. The summed E-state index contributed by atoms with van der Waals surface area (Å²) in [5.74, 6) is 0.559. The van der Waals surface area contributed by atoms with E-state index in [1.807, 2.05) is 0 Å². The lowest BCUT2D eigenvalue weighted by atomic mass is 10.2. The molecule has 3 N–H and O–H groups in total. The highest BCUT2D eigenvalue weighted by Gasteiger charge is 2.15. The van der Waals surface area contributed by atoms with E-state index in [1.165, 1.54) is 17.3 Å². The van der Waals surface area contributed by atoms with E-state index in [4.69, 9.17) is 10.5 Å². The molecule has 1 unspecified atom stereocenters. The van der Waals surface area contributed by atoms with Crippen molar-refractivity contribution in [3.05, 3.63) is 36.9 Å². The van der Waals surface area contributed by atoms with Crippen molar-refractivity contribution in [3.8, 4) is 5.75 Å². The van der Waals surface area contributed by atoms with Gasteiger partial charge in [-0.25, -0.2) is 9.67 Å². The Labute approximate surface area is 116 Å². The van der Waals surface area contributed by atoms with Crippen LogP contribution in [0.25, 0.3) is 0 Å². The van der Waals surface area contributed by atoms with E-state index in [0.29, 0.717) is 18.8 Å². The highest BCUT2D eigenvalue weighted by molar-refractivity contribution is 5.93. The Morgan fingerprint density at radius 3 is 2.80 bits per heavy atom. The van der Waals surface area contributed by atoms with Crippen LogP contribution in [0.4, 0.5) is 5.69 Å². The molecule has 0 saturated heterocycles. The van der Waals surface area contributed by atoms with Crippen LogP contribution in [0.3, 0.4) is 0 Å². The fourth-order valence-corrected chi connectivity index (χ4v) is 1.60. The molecule has 2 rings (SSSR count). The van der Waals surface area contributed by atoms with Crippen molar-refractivity contribution < 1.29 is 9.53 Å². The van der Waals surface area contributed by atoms with E-state index >= 15 is 0 Å². The first-order chi connectivity index (χ1) is 9.70. The number of anilines is 1. The number of hydrogen-bond acceptors (Lipinski definition) is 5. The summed E-state index contributed by atoms with van der Waals surface area (Å²) >= 11 is 0. The number of nitrogens with one attached hydrogen (secondary N) is 1. The first-order valence-electron chi connectivity index (χ1n) is 6.28. The molecule has 20 heavy (non-hydrogen) atoms. The lowest BCUT2D eigenvalue weighted by Crippen LogP contribution is -2.24. The topological polar surface area (TPSA) is 95.1 Å². The van der Waals surface area contributed by atoms with Gasteiger partial charge >= 0.3 is 0 Å². The van der Waals surface area contributed by atoms with Crippen LogP contribution in [0.2, 0.25) is 0 Å². The molecule has 0 bridgehead atoms. The molecule has 0 radical (unpaired) electrons. The molecule has 7 heteroatoms. The van der Waals surface area contributed by atoms with Gasteiger partial charge < -0.3 is 15.8 Å². The molecule has 0 spiro atoms. The molecule has 7 nitrogen and oxygen atoms in total. The van der Waals surface area contributed by atoms with E-state index in [9.17, 15) is 4.79 Å². The summed E-state index contributed by atoms with van der Waals surface area (Å²) in [4.78, 5) is 15.8. The van der Waals surface area contributed by atoms with Crippen molar-refractivity contribution in [1.82, 2.24) is 14.8 Å². The van der Waals surface area contributed by atoms with Crippen LogP contribution >= 0.6 is 0 Å². The quantitative estimate of drug-likeness (QED) is 0.813. The maximum absolute atomic E-state index is 12.0. The van der Waals surface area contributed by atoms with Crippen LogP contribution in [0.5, 0.6) is 5.75 Å². The first kappa shape index (κ1) is 14.0. The van der Waals surface area contributed by atoms with Gasteiger partial charge in [0.15, 0.2) is 0 Å². The summed E-state index contributed by atoms with van der Waals surface area (Å²) in [5, 5.41) is 6.75. The highest BCUT2D eigenvalue weighted by atomic mass is 16.5. The van der Waals surface area contributed by atoms with Gasteiger partial charge in [0, 0.05) is 12.2 Å². The molecular formula is C13H17N5O2. The second-order valence-corrected chi connectivity index (χ2v) is 4.20. The fourth-order valence-electron chi connectivity index (χ4n) is 1.60. The Morgan fingerprint density at radius 1 is 1.45 bits per heavy atom. The summed E-state index contributed by atoms with van der Waals surface area (Å²) < 4.78 is 6.86. The van der Waals surface area contributed by atoms with Crippen molar-refractivity contribution in [2.45, 2.75) is 13.0 Å². The zero-order valence-electron chi connectivity index (χ0n) is 11.2. The van der Waals surface area contributed by atoms with Crippen molar-refractivity contribution in [3.63, 3.8) is 0 Å². The van der Waals surface area contributed by atoms with Gasteiger partial charge in [-0.05, 0) is 31.2 Å². The van der Waals surface area contributed by atoms with E-state index in [2.05, 4.69) is 15.4 Å². The Morgan fingerprint density at radius 2 is 2.20 bits per heavy atom. The largest absolute Gasteiger partial charge is 0.492 e. The molecule has 0 aliphatic heterocycles. The predicted molar refractivity (Wildman–Crippen MR) is 74.4 cm³/mol. The minimum absolute atomic E-state index is 0.161. The number of amides is 1. The van der Waals surface area contributed by atoms with Crippen LogP contribution in [0, 0.1) is 0 Å². The molecule has 0 fully saturated rings. The molecular weight excluding hydrogens is 258 g/mol. The van der Waals surface area contributed by atoms with Crippen LogP contribution in [0.15, 0.2) is 36.9 Å². The van der Waals surface area contributed by atoms with E-state index in [1.54, 1.807) is 31.2 Å². The average Bonchev–Trinajstić information content (AvgIpc) is 3.00. The molecule has 1 aromatic carbocycles. The van der Waals surface area contributed by atoms with Gasteiger partial charge in [0.1, 0.15) is 31.1 Å². The normalized spacial score (nSPS) is 11.9. The molecule has 106 valence electrons. The number of ether oxygens (including phenoxy) is 1. The number of nitrogens with zero attached hydrogens (tertiary/aromatic N) is 3. The third-order valence-electron chi connectivity index (χ3n) is 2.72. The van der Waals surface area contributed by atoms with Gasteiger partial charge in [0.05, 0.1) is 0 Å². The van der Waals surface area contributed by atoms with Crippen molar-refractivity contribution >= 4 is 11.6 Å². The Hall–Kier alpha value is -2.41. The van der Waals surface area contributed by atoms with Crippen molar-refractivity contribution in [2.24, 2.45) is 5.73 Å². The molecule has 1 atom stereocenters. The number of nitrogens with two attached hydrogens (primary N) is 1. The van der Waals surface area contributed by atoms with Crippen LogP contribution in [-0.2, 0) is 4.79 Å². The van der Waals surface area contributed by atoms with Gasteiger partial charge in [-0.2, -0.15) is 5.10 Å². The van der Waals surface area contributed by atoms with Crippen LogP contribution < -0.4 is 15.8 Å². The van der Waals surface area contributed by atoms with Gasteiger partial charge in [-0.15, -0.1) is 0 Å². The summed E-state index contributed by atoms with van der Waals surface area (Å²) in [6.07, 6.45) is 2.90. The third kappa shape index (κ3) is 3.55. The molecule has 0 saturated carbocycles. The summed E-state index contributed by atoms with van der Waals surface area (Å²) in [6.45, 7) is 2.69. The number of aromatic nitrogens is 3. The van der Waals surface area contributed by atoms with Gasteiger partial charge in [-0.1, -0.05) is 0 Å². The molecule has 1 amide bonds. The number of carbonyl (C=O) groups is 1. The SMILES string of the molecule is CC(C(=O)Nc1ccc(OCCN)cc1)n1cncn1. The number of rotatable bonds is 6. The zero-order valence-corrected chi connectivity index (χ0v) is 11.2.